The molecule has 2 N–H and O–H groups in total. The molecule has 6 nitrogen and oxygen atoms in total. The number of carbonyl (C=O) groups is 1. The fourth-order valence-electron chi connectivity index (χ4n) is 2.89. The van der Waals surface area contributed by atoms with E-state index in [2.05, 4.69) is 0 Å². The quantitative estimate of drug-likeness (QED) is 0.842. The first kappa shape index (κ1) is 15.6. The van der Waals surface area contributed by atoms with E-state index in [0.29, 0.717) is 25.3 Å². The predicted molar refractivity (Wildman–Crippen MR) is 83.9 cm³/mol. The van der Waals surface area contributed by atoms with Crippen LogP contribution in [0.25, 0.3) is 0 Å². The van der Waals surface area contributed by atoms with Gasteiger partial charge in [-0.25, -0.2) is 4.79 Å². The Hall–Kier alpha value is -2.31. The average Bonchev–Trinajstić information content (AvgIpc) is 2.89. The Bertz CT molecular complexity index is 696. The van der Waals surface area contributed by atoms with Crippen molar-refractivity contribution in [2.24, 2.45) is 0 Å². The van der Waals surface area contributed by atoms with Gasteiger partial charge in [-0.2, -0.15) is 0 Å². The molecule has 0 bridgehead atoms. The van der Waals surface area contributed by atoms with E-state index in [-0.39, 0.29) is 17.9 Å². The molecule has 122 valence electrons. The summed E-state index contributed by atoms with van der Waals surface area (Å²) in [5.74, 6) is -0.776. The number of hydrogen-bond donors (Lipinski definition) is 2. The molecule has 1 aliphatic heterocycles. The van der Waals surface area contributed by atoms with Crippen molar-refractivity contribution in [1.82, 2.24) is 9.47 Å². The van der Waals surface area contributed by atoms with E-state index in [0.717, 1.165) is 5.56 Å². The topological polar surface area (TPSA) is 74.9 Å². The van der Waals surface area contributed by atoms with E-state index < -0.39 is 12.2 Å². The molecular weight excluding hydrogens is 296 g/mol. The van der Waals surface area contributed by atoms with Crippen molar-refractivity contribution in [3.05, 3.63) is 53.3 Å². The molecule has 2 heterocycles. The van der Waals surface area contributed by atoms with Crippen LogP contribution in [-0.2, 0) is 17.8 Å². The molecule has 3 rings (SSSR count). The van der Waals surface area contributed by atoms with Crippen molar-refractivity contribution in [3.8, 4) is 5.75 Å². The summed E-state index contributed by atoms with van der Waals surface area (Å²) in [7, 11) is 0. The zero-order valence-corrected chi connectivity index (χ0v) is 13.0. The second-order valence-corrected chi connectivity index (χ2v) is 5.52. The second kappa shape index (κ2) is 6.44. The molecule has 1 aromatic carbocycles. The minimum Gasteiger partial charge on any atom is -0.505 e. The SMILES string of the molecule is CCOC(=O)c1cn2c(c1O)C(O)N(Cc1ccccc1)CC2. The first-order chi connectivity index (χ1) is 11.1. The smallest absolute Gasteiger partial charge is 0.343 e. The summed E-state index contributed by atoms with van der Waals surface area (Å²) < 4.78 is 6.65. The molecular formula is C17H20N2O4. The van der Waals surface area contributed by atoms with Gasteiger partial charge in [0.15, 0.2) is 12.0 Å². The lowest BCUT2D eigenvalue weighted by Gasteiger charge is -2.33. The molecule has 0 spiro atoms. The lowest BCUT2D eigenvalue weighted by molar-refractivity contribution is -0.0283. The van der Waals surface area contributed by atoms with Gasteiger partial charge < -0.3 is 19.5 Å². The number of benzene rings is 1. The number of carbonyl (C=O) groups excluding carboxylic acids is 1. The first-order valence-electron chi connectivity index (χ1n) is 7.67. The summed E-state index contributed by atoms with van der Waals surface area (Å²) >= 11 is 0. The van der Waals surface area contributed by atoms with Gasteiger partial charge >= 0.3 is 5.97 Å². The third kappa shape index (κ3) is 2.95. The van der Waals surface area contributed by atoms with Crippen LogP contribution in [0.5, 0.6) is 5.75 Å². The van der Waals surface area contributed by atoms with Gasteiger partial charge in [0, 0.05) is 25.8 Å². The molecule has 0 amide bonds. The van der Waals surface area contributed by atoms with Crippen LogP contribution < -0.4 is 0 Å². The number of esters is 1. The van der Waals surface area contributed by atoms with E-state index in [1.165, 1.54) is 0 Å². The summed E-state index contributed by atoms with van der Waals surface area (Å²) in [6.45, 7) is 3.73. The van der Waals surface area contributed by atoms with Gasteiger partial charge in [-0.15, -0.1) is 0 Å². The number of aliphatic hydroxyl groups is 1. The Morgan fingerprint density at radius 2 is 2.04 bits per heavy atom. The first-order valence-corrected chi connectivity index (χ1v) is 7.67. The van der Waals surface area contributed by atoms with Gasteiger partial charge in [-0.05, 0) is 12.5 Å². The number of ether oxygens (including phenoxy) is 1. The standard InChI is InChI=1S/C17H20N2O4/c1-2-23-17(22)13-11-18-8-9-19(16(21)14(18)15(13)20)10-12-6-4-3-5-7-12/h3-7,11,16,20-21H,2,8-10H2,1H3. The van der Waals surface area contributed by atoms with Crippen molar-refractivity contribution >= 4 is 5.97 Å². The highest BCUT2D eigenvalue weighted by molar-refractivity contribution is 5.92. The third-order valence-corrected chi connectivity index (χ3v) is 4.03. The van der Waals surface area contributed by atoms with Crippen molar-refractivity contribution in [2.75, 3.05) is 13.2 Å². The number of rotatable bonds is 4. The van der Waals surface area contributed by atoms with E-state index in [4.69, 9.17) is 4.74 Å². The van der Waals surface area contributed by atoms with Gasteiger partial charge in [-0.3, -0.25) is 4.90 Å². The Kier molecular flexibility index (Phi) is 4.36. The lowest BCUT2D eigenvalue weighted by atomic mass is 10.1. The summed E-state index contributed by atoms with van der Waals surface area (Å²) in [5, 5.41) is 20.9. The summed E-state index contributed by atoms with van der Waals surface area (Å²) in [6, 6.07) is 9.82. The fourth-order valence-corrected chi connectivity index (χ4v) is 2.89. The highest BCUT2D eigenvalue weighted by Gasteiger charge is 2.32. The molecule has 0 fully saturated rings. The average molecular weight is 316 g/mol. The Morgan fingerprint density at radius 3 is 2.74 bits per heavy atom. The molecule has 23 heavy (non-hydrogen) atoms. The summed E-state index contributed by atoms with van der Waals surface area (Å²) in [5.41, 5.74) is 1.52. The van der Waals surface area contributed by atoms with Crippen LogP contribution >= 0.6 is 0 Å². The molecule has 0 saturated heterocycles. The molecule has 0 aliphatic carbocycles. The molecule has 1 aromatic heterocycles. The van der Waals surface area contributed by atoms with Gasteiger partial charge in [-0.1, -0.05) is 30.3 Å². The van der Waals surface area contributed by atoms with E-state index >= 15 is 0 Å². The minimum absolute atomic E-state index is 0.0995. The molecule has 1 atom stereocenters. The highest BCUT2D eigenvalue weighted by Crippen LogP contribution is 2.35. The van der Waals surface area contributed by atoms with Crippen molar-refractivity contribution in [2.45, 2.75) is 26.2 Å². The van der Waals surface area contributed by atoms with Crippen molar-refractivity contribution < 1.29 is 19.7 Å². The Labute approximate surface area is 134 Å². The van der Waals surface area contributed by atoms with Crippen LogP contribution in [0.2, 0.25) is 0 Å². The van der Waals surface area contributed by atoms with E-state index in [1.54, 1.807) is 17.7 Å². The van der Waals surface area contributed by atoms with Crippen molar-refractivity contribution in [3.63, 3.8) is 0 Å². The number of nitrogens with zero attached hydrogens (tertiary/aromatic N) is 2. The maximum absolute atomic E-state index is 11.9. The van der Waals surface area contributed by atoms with Gasteiger partial charge in [0.1, 0.15) is 11.3 Å². The maximum Gasteiger partial charge on any atom is 0.343 e. The normalized spacial score (nSPS) is 17.7. The zero-order chi connectivity index (χ0) is 16.4. The van der Waals surface area contributed by atoms with Crippen LogP contribution in [-0.4, -0.2) is 38.8 Å². The largest absolute Gasteiger partial charge is 0.505 e. The second-order valence-electron chi connectivity index (χ2n) is 5.52. The highest BCUT2D eigenvalue weighted by atomic mass is 16.5. The Balaban J connectivity index is 1.85. The molecule has 2 aromatic rings. The molecule has 1 aliphatic rings. The molecule has 0 radical (unpaired) electrons. The minimum atomic E-state index is -0.966. The molecule has 1 unspecified atom stereocenters. The fraction of sp³-hybridized carbons (Fsp3) is 0.353. The predicted octanol–water partition coefficient (Wildman–Crippen LogP) is 1.88. The van der Waals surface area contributed by atoms with Gasteiger partial charge in [0.25, 0.3) is 0 Å². The molecule has 6 heteroatoms. The number of aliphatic hydroxyl groups excluding tert-OH is 1. The summed E-state index contributed by atoms with van der Waals surface area (Å²) in [4.78, 5) is 13.7. The Morgan fingerprint density at radius 1 is 1.30 bits per heavy atom. The van der Waals surface area contributed by atoms with Crippen molar-refractivity contribution in [1.29, 1.82) is 0 Å². The monoisotopic (exact) mass is 316 g/mol. The van der Waals surface area contributed by atoms with Crippen LogP contribution in [0.1, 0.15) is 34.8 Å². The van der Waals surface area contributed by atoms with Gasteiger partial charge in [0.05, 0.1) is 6.61 Å². The summed E-state index contributed by atoms with van der Waals surface area (Å²) in [6.07, 6.45) is 0.582. The van der Waals surface area contributed by atoms with Gasteiger partial charge in [0.2, 0.25) is 0 Å². The number of aromatic hydroxyl groups is 1. The number of aromatic nitrogens is 1. The van der Waals surface area contributed by atoms with E-state index in [9.17, 15) is 15.0 Å². The van der Waals surface area contributed by atoms with Crippen LogP contribution in [0.4, 0.5) is 0 Å². The molecule has 0 saturated carbocycles. The van der Waals surface area contributed by atoms with Crippen LogP contribution in [0, 0.1) is 0 Å². The maximum atomic E-state index is 11.9. The van der Waals surface area contributed by atoms with Crippen LogP contribution in [0.15, 0.2) is 36.5 Å². The lowest BCUT2D eigenvalue weighted by Crippen LogP contribution is -2.37. The van der Waals surface area contributed by atoms with Crippen LogP contribution in [0.3, 0.4) is 0 Å². The zero-order valence-electron chi connectivity index (χ0n) is 13.0. The van der Waals surface area contributed by atoms with E-state index in [1.807, 2.05) is 35.2 Å². The third-order valence-electron chi connectivity index (χ3n) is 4.03. The number of hydrogen-bond acceptors (Lipinski definition) is 5. The number of fused-ring (bicyclic) bond motifs is 1.